The first-order valence-electron chi connectivity index (χ1n) is 5.68. The average Bonchev–Trinajstić information content (AvgIpc) is 2.46. The predicted molar refractivity (Wildman–Crippen MR) is 77.4 cm³/mol. The lowest BCUT2D eigenvalue weighted by molar-refractivity contribution is 0.386. The maximum atomic E-state index is 12.3. The van der Waals surface area contributed by atoms with E-state index in [9.17, 15) is 8.42 Å². The van der Waals surface area contributed by atoms with E-state index in [2.05, 4.69) is 14.7 Å². The van der Waals surface area contributed by atoms with Gasteiger partial charge in [-0.3, -0.25) is 9.71 Å². The Kier molecular flexibility index (Phi) is 4.49. The summed E-state index contributed by atoms with van der Waals surface area (Å²) in [5, 5.41) is 0.0805. The van der Waals surface area contributed by atoms with Crippen molar-refractivity contribution in [2.24, 2.45) is 0 Å². The number of methoxy groups -OCH3 is 2. The van der Waals surface area contributed by atoms with Gasteiger partial charge in [0.15, 0.2) is 5.82 Å². The van der Waals surface area contributed by atoms with Crippen molar-refractivity contribution in [3.05, 3.63) is 35.7 Å². The Labute approximate surface area is 126 Å². The first-order chi connectivity index (χ1) is 9.96. The van der Waals surface area contributed by atoms with Crippen molar-refractivity contribution in [2.45, 2.75) is 4.90 Å². The van der Waals surface area contributed by atoms with Crippen LogP contribution in [0.4, 0.5) is 5.82 Å². The minimum Gasteiger partial charge on any atom is -0.497 e. The Morgan fingerprint density at radius 3 is 2.57 bits per heavy atom. The number of nitrogens with zero attached hydrogens (tertiary/aromatic N) is 2. The van der Waals surface area contributed by atoms with E-state index >= 15 is 0 Å². The number of ether oxygens (including phenoxy) is 2. The molecule has 0 aliphatic rings. The molecule has 21 heavy (non-hydrogen) atoms. The summed E-state index contributed by atoms with van der Waals surface area (Å²) in [6, 6.07) is 4.36. The first kappa shape index (κ1) is 15.3. The minimum absolute atomic E-state index is 0.0142. The second-order valence-electron chi connectivity index (χ2n) is 3.85. The molecule has 0 unspecified atom stereocenters. The summed E-state index contributed by atoms with van der Waals surface area (Å²) in [6.07, 6.45) is 2.55. The van der Waals surface area contributed by atoms with Crippen molar-refractivity contribution in [3.63, 3.8) is 0 Å². The van der Waals surface area contributed by atoms with Crippen LogP contribution in [0.25, 0.3) is 0 Å². The third kappa shape index (κ3) is 3.53. The maximum absolute atomic E-state index is 12.3. The molecule has 1 aromatic carbocycles. The quantitative estimate of drug-likeness (QED) is 0.901. The van der Waals surface area contributed by atoms with E-state index in [0.717, 1.165) is 0 Å². The average molecular weight is 330 g/mol. The van der Waals surface area contributed by atoms with Crippen LogP contribution in [0.1, 0.15) is 0 Å². The predicted octanol–water partition coefficient (Wildman–Crippen LogP) is 1.95. The van der Waals surface area contributed by atoms with Crippen LogP contribution < -0.4 is 14.2 Å². The molecule has 7 nitrogen and oxygen atoms in total. The Morgan fingerprint density at radius 1 is 1.19 bits per heavy atom. The summed E-state index contributed by atoms with van der Waals surface area (Å²) in [5.74, 6) is 0.644. The van der Waals surface area contributed by atoms with E-state index in [-0.39, 0.29) is 21.6 Å². The lowest BCUT2D eigenvalue weighted by Crippen LogP contribution is -2.15. The maximum Gasteiger partial charge on any atom is 0.266 e. The highest BCUT2D eigenvalue weighted by Gasteiger charge is 2.21. The van der Waals surface area contributed by atoms with E-state index in [1.807, 2.05) is 0 Å². The second kappa shape index (κ2) is 6.15. The van der Waals surface area contributed by atoms with Gasteiger partial charge in [-0.2, -0.15) is 0 Å². The molecule has 1 aromatic heterocycles. The van der Waals surface area contributed by atoms with Crippen LogP contribution >= 0.6 is 11.6 Å². The Morgan fingerprint density at radius 2 is 1.95 bits per heavy atom. The van der Waals surface area contributed by atoms with Crippen LogP contribution in [0.15, 0.2) is 35.5 Å². The second-order valence-corrected chi connectivity index (χ2v) is 5.89. The van der Waals surface area contributed by atoms with Gasteiger partial charge in [0.05, 0.1) is 26.6 Å². The standard InChI is InChI=1S/C12H12ClN3O4S/c1-19-8-3-4-10(9(5-8)20-2)21(17,18)16-12-7-14-6-11(13)15-12/h3-7H,1-2H3,(H,15,16). The van der Waals surface area contributed by atoms with Crippen molar-refractivity contribution >= 4 is 27.4 Å². The van der Waals surface area contributed by atoms with Crippen LogP contribution in [-0.4, -0.2) is 32.6 Å². The highest BCUT2D eigenvalue weighted by Crippen LogP contribution is 2.29. The van der Waals surface area contributed by atoms with Gasteiger partial charge < -0.3 is 9.47 Å². The third-order valence-corrected chi connectivity index (χ3v) is 4.08. The Balaban J connectivity index is 2.40. The van der Waals surface area contributed by atoms with Crippen molar-refractivity contribution in [1.29, 1.82) is 0 Å². The van der Waals surface area contributed by atoms with Gasteiger partial charge in [0.2, 0.25) is 0 Å². The zero-order valence-corrected chi connectivity index (χ0v) is 12.8. The van der Waals surface area contributed by atoms with Gasteiger partial charge in [0, 0.05) is 6.07 Å². The normalized spacial score (nSPS) is 11.0. The number of sulfonamides is 1. The summed E-state index contributed by atoms with van der Waals surface area (Å²) < 4.78 is 37.1. The van der Waals surface area contributed by atoms with Gasteiger partial charge in [-0.15, -0.1) is 0 Å². The minimum atomic E-state index is -3.89. The molecule has 0 atom stereocenters. The van der Waals surface area contributed by atoms with E-state index in [1.54, 1.807) is 0 Å². The van der Waals surface area contributed by atoms with Crippen LogP contribution in [0, 0.1) is 0 Å². The zero-order chi connectivity index (χ0) is 15.5. The molecule has 0 radical (unpaired) electrons. The molecule has 2 rings (SSSR count). The van der Waals surface area contributed by atoms with Gasteiger partial charge in [-0.1, -0.05) is 11.6 Å². The molecule has 0 saturated carbocycles. The largest absolute Gasteiger partial charge is 0.497 e. The highest BCUT2D eigenvalue weighted by atomic mass is 35.5. The van der Waals surface area contributed by atoms with Crippen LogP contribution in [0.2, 0.25) is 5.15 Å². The highest BCUT2D eigenvalue weighted by molar-refractivity contribution is 7.92. The summed E-state index contributed by atoms with van der Waals surface area (Å²) >= 11 is 5.67. The molecule has 1 N–H and O–H groups in total. The third-order valence-electron chi connectivity index (χ3n) is 2.50. The number of rotatable bonds is 5. The number of nitrogens with one attached hydrogen (secondary N) is 1. The van der Waals surface area contributed by atoms with Crippen molar-refractivity contribution in [3.8, 4) is 11.5 Å². The molecule has 1 heterocycles. The van der Waals surface area contributed by atoms with Gasteiger partial charge in [-0.25, -0.2) is 13.4 Å². The van der Waals surface area contributed by atoms with Gasteiger partial charge >= 0.3 is 0 Å². The molecule has 112 valence electrons. The molecule has 0 amide bonds. The molecule has 0 aliphatic carbocycles. The molecule has 2 aromatic rings. The lowest BCUT2D eigenvalue weighted by Gasteiger charge is -2.12. The fraction of sp³-hybridized carbons (Fsp3) is 0.167. The van der Waals surface area contributed by atoms with Crippen molar-refractivity contribution in [1.82, 2.24) is 9.97 Å². The Bertz CT molecular complexity index is 752. The van der Waals surface area contributed by atoms with Gasteiger partial charge in [0.25, 0.3) is 10.0 Å². The molecule has 9 heteroatoms. The van der Waals surface area contributed by atoms with E-state index in [1.165, 1.54) is 44.8 Å². The summed E-state index contributed by atoms with van der Waals surface area (Å²) in [7, 11) is -1.05. The molecular formula is C12H12ClN3O4S. The molecule has 0 saturated heterocycles. The number of aromatic nitrogens is 2. The Hall–Kier alpha value is -2.06. The summed E-state index contributed by atoms with van der Waals surface area (Å²) in [4.78, 5) is 7.53. The van der Waals surface area contributed by atoms with Crippen LogP contribution in [-0.2, 0) is 10.0 Å². The first-order valence-corrected chi connectivity index (χ1v) is 7.55. The molecule has 0 fully saturated rings. The van der Waals surface area contributed by atoms with E-state index < -0.39 is 10.0 Å². The molecular weight excluding hydrogens is 318 g/mol. The number of hydrogen-bond donors (Lipinski definition) is 1. The van der Waals surface area contributed by atoms with Gasteiger partial charge in [-0.05, 0) is 12.1 Å². The molecule has 0 bridgehead atoms. The monoisotopic (exact) mass is 329 g/mol. The number of anilines is 1. The van der Waals surface area contributed by atoms with Crippen molar-refractivity contribution in [2.75, 3.05) is 18.9 Å². The van der Waals surface area contributed by atoms with E-state index in [4.69, 9.17) is 21.1 Å². The fourth-order valence-electron chi connectivity index (χ4n) is 1.58. The van der Waals surface area contributed by atoms with Crippen molar-refractivity contribution < 1.29 is 17.9 Å². The van der Waals surface area contributed by atoms with Crippen LogP contribution in [0.3, 0.4) is 0 Å². The van der Waals surface area contributed by atoms with E-state index in [0.29, 0.717) is 5.75 Å². The molecule has 0 spiro atoms. The van der Waals surface area contributed by atoms with Gasteiger partial charge in [0.1, 0.15) is 21.5 Å². The van der Waals surface area contributed by atoms with Crippen LogP contribution in [0.5, 0.6) is 11.5 Å². The topological polar surface area (TPSA) is 90.4 Å². The number of hydrogen-bond acceptors (Lipinski definition) is 6. The number of benzene rings is 1. The zero-order valence-electron chi connectivity index (χ0n) is 11.2. The molecule has 0 aliphatic heterocycles. The summed E-state index contributed by atoms with van der Waals surface area (Å²) in [6.45, 7) is 0. The fourth-order valence-corrected chi connectivity index (χ4v) is 2.87. The summed E-state index contributed by atoms with van der Waals surface area (Å²) in [5.41, 5.74) is 0. The smallest absolute Gasteiger partial charge is 0.266 e. The SMILES string of the molecule is COc1ccc(S(=O)(=O)Nc2cncc(Cl)n2)c(OC)c1. The number of halogens is 1. The lowest BCUT2D eigenvalue weighted by atomic mass is 10.3.